The molecule has 2 rings (SSSR count). The maximum atomic E-state index is 12.4. The molecule has 0 fully saturated rings. The summed E-state index contributed by atoms with van der Waals surface area (Å²) >= 11 is 0. The van der Waals surface area contributed by atoms with Crippen LogP contribution in [0, 0.1) is 5.92 Å². The molecule has 0 aliphatic heterocycles. The lowest BCUT2D eigenvalue weighted by Crippen LogP contribution is -2.16. The van der Waals surface area contributed by atoms with Crippen molar-refractivity contribution in [1.29, 1.82) is 0 Å². The predicted octanol–water partition coefficient (Wildman–Crippen LogP) is 3.39. The van der Waals surface area contributed by atoms with Gasteiger partial charge in [0.05, 0.1) is 19.2 Å². The van der Waals surface area contributed by atoms with Gasteiger partial charge in [0.2, 0.25) is 0 Å². The predicted molar refractivity (Wildman–Crippen MR) is 92.3 cm³/mol. The number of nitrogens with zero attached hydrogens (tertiary/aromatic N) is 2. The van der Waals surface area contributed by atoms with Gasteiger partial charge in [0.15, 0.2) is 0 Å². The van der Waals surface area contributed by atoms with Crippen LogP contribution in [0.2, 0.25) is 0 Å². The molecule has 1 aromatic heterocycles. The van der Waals surface area contributed by atoms with Crippen LogP contribution in [0.1, 0.15) is 19.4 Å². The molecule has 5 heteroatoms. The first-order valence-corrected chi connectivity index (χ1v) is 7.92. The van der Waals surface area contributed by atoms with Gasteiger partial charge >= 0.3 is 6.09 Å². The Morgan fingerprint density at radius 2 is 2.04 bits per heavy atom. The minimum Gasteiger partial charge on any atom is -0.497 e. The van der Waals surface area contributed by atoms with Crippen molar-refractivity contribution in [2.45, 2.75) is 20.3 Å². The zero-order valence-corrected chi connectivity index (χ0v) is 14.6. The summed E-state index contributed by atoms with van der Waals surface area (Å²) in [5.41, 5.74) is 1.97. The normalized spacial score (nSPS) is 11.4. The van der Waals surface area contributed by atoms with Gasteiger partial charge in [0.1, 0.15) is 5.75 Å². The first-order chi connectivity index (χ1) is 10.9. The van der Waals surface area contributed by atoms with E-state index in [0.717, 1.165) is 35.2 Å². The van der Waals surface area contributed by atoms with Crippen molar-refractivity contribution in [2.24, 2.45) is 5.92 Å². The van der Waals surface area contributed by atoms with Crippen LogP contribution in [0.5, 0.6) is 5.75 Å². The van der Waals surface area contributed by atoms with Gasteiger partial charge in [-0.2, -0.15) is 0 Å². The maximum absolute atomic E-state index is 12.4. The van der Waals surface area contributed by atoms with Gasteiger partial charge in [0.25, 0.3) is 0 Å². The fourth-order valence-corrected chi connectivity index (χ4v) is 2.41. The van der Waals surface area contributed by atoms with Crippen molar-refractivity contribution in [3.63, 3.8) is 0 Å². The summed E-state index contributed by atoms with van der Waals surface area (Å²) in [6.45, 7) is 5.38. The third kappa shape index (κ3) is 4.26. The first-order valence-electron chi connectivity index (χ1n) is 7.92. The van der Waals surface area contributed by atoms with E-state index in [0.29, 0.717) is 12.5 Å². The molecule has 0 aliphatic carbocycles. The zero-order chi connectivity index (χ0) is 17.0. The standard InChI is InChI=1S/C18H26N2O3/c1-13(2)12-23-18(21)20-11-14(8-9-19(3)4)16-10-15(22-5)6-7-17(16)20/h6-7,10-11,13H,8-9,12H2,1-5H3. The number of methoxy groups -OCH3 is 1. The van der Waals surface area contributed by atoms with Crippen LogP contribution in [-0.2, 0) is 11.2 Å². The van der Waals surface area contributed by atoms with Crippen LogP contribution in [0.4, 0.5) is 4.79 Å². The highest BCUT2D eigenvalue weighted by Gasteiger charge is 2.16. The number of carbonyl (C=O) groups is 1. The van der Waals surface area contributed by atoms with E-state index >= 15 is 0 Å². The molecule has 5 nitrogen and oxygen atoms in total. The van der Waals surface area contributed by atoms with E-state index in [1.807, 2.05) is 52.3 Å². The number of aromatic nitrogens is 1. The van der Waals surface area contributed by atoms with Crippen molar-refractivity contribution in [1.82, 2.24) is 9.47 Å². The smallest absolute Gasteiger partial charge is 0.418 e. The van der Waals surface area contributed by atoms with E-state index in [1.165, 1.54) is 0 Å². The number of rotatable bonds is 6. The lowest BCUT2D eigenvalue weighted by atomic mass is 10.1. The summed E-state index contributed by atoms with van der Waals surface area (Å²) < 4.78 is 12.3. The van der Waals surface area contributed by atoms with Gasteiger partial charge in [0, 0.05) is 18.1 Å². The van der Waals surface area contributed by atoms with E-state index in [2.05, 4.69) is 4.90 Å². The summed E-state index contributed by atoms with van der Waals surface area (Å²) in [6.07, 6.45) is 2.42. The van der Waals surface area contributed by atoms with Crippen LogP contribution in [-0.4, -0.2) is 49.9 Å². The van der Waals surface area contributed by atoms with Crippen LogP contribution in [0.3, 0.4) is 0 Å². The fraction of sp³-hybridized carbons (Fsp3) is 0.500. The lowest BCUT2D eigenvalue weighted by molar-refractivity contribution is 0.135. The molecule has 0 spiro atoms. The van der Waals surface area contributed by atoms with E-state index in [9.17, 15) is 4.79 Å². The third-order valence-corrected chi connectivity index (χ3v) is 3.66. The molecular formula is C18H26N2O3. The van der Waals surface area contributed by atoms with Gasteiger partial charge in [-0.1, -0.05) is 13.8 Å². The van der Waals surface area contributed by atoms with Crippen LogP contribution in [0.25, 0.3) is 10.9 Å². The Bertz CT molecular complexity index is 674. The molecule has 0 N–H and O–H groups in total. The summed E-state index contributed by atoms with van der Waals surface area (Å²) in [7, 11) is 5.72. The average Bonchev–Trinajstić information content (AvgIpc) is 2.88. The van der Waals surface area contributed by atoms with Crippen molar-refractivity contribution in [3.8, 4) is 5.75 Å². The minimum atomic E-state index is -0.329. The molecular weight excluding hydrogens is 292 g/mol. The molecule has 0 unspecified atom stereocenters. The van der Waals surface area contributed by atoms with Crippen molar-refractivity contribution < 1.29 is 14.3 Å². The number of fused-ring (bicyclic) bond motifs is 1. The number of carbonyl (C=O) groups excluding carboxylic acids is 1. The summed E-state index contributed by atoms with van der Waals surface area (Å²) in [6, 6.07) is 5.75. The SMILES string of the molecule is COc1ccc2c(c1)c(CCN(C)C)cn2C(=O)OCC(C)C. The molecule has 0 radical (unpaired) electrons. The Morgan fingerprint density at radius 3 is 2.65 bits per heavy atom. The molecule has 126 valence electrons. The number of likely N-dealkylation sites (N-methyl/N-ethyl adjacent to an activating group) is 1. The largest absolute Gasteiger partial charge is 0.497 e. The Balaban J connectivity index is 2.38. The molecule has 23 heavy (non-hydrogen) atoms. The van der Waals surface area contributed by atoms with Crippen LogP contribution >= 0.6 is 0 Å². The second-order valence-corrected chi connectivity index (χ2v) is 6.43. The van der Waals surface area contributed by atoms with Gasteiger partial charge in [-0.25, -0.2) is 4.79 Å². The van der Waals surface area contributed by atoms with Gasteiger partial charge < -0.3 is 14.4 Å². The molecule has 2 aromatic rings. The summed E-state index contributed by atoms with van der Waals surface area (Å²) in [4.78, 5) is 14.5. The van der Waals surface area contributed by atoms with Crippen molar-refractivity contribution in [2.75, 3.05) is 34.4 Å². The Hall–Kier alpha value is -2.01. The number of ether oxygens (including phenoxy) is 2. The van der Waals surface area contributed by atoms with E-state index in [1.54, 1.807) is 11.7 Å². The number of hydrogen-bond acceptors (Lipinski definition) is 4. The van der Waals surface area contributed by atoms with E-state index in [-0.39, 0.29) is 6.09 Å². The third-order valence-electron chi connectivity index (χ3n) is 3.66. The number of benzene rings is 1. The highest BCUT2D eigenvalue weighted by Crippen LogP contribution is 2.27. The van der Waals surface area contributed by atoms with E-state index < -0.39 is 0 Å². The minimum absolute atomic E-state index is 0.314. The topological polar surface area (TPSA) is 43.7 Å². The maximum Gasteiger partial charge on any atom is 0.418 e. The molecule has 0 aliphatic rings. The molecule has 0 bridgehead atoms. The molecule has 0 saturated carbocycles. The Morgan fingerprint density at radius 1 is 1.30 bits per heavy atom. The van der Waals surface area contributed by atoms with Crippen molar-refractivity contribution >= 4 is 17.0 Å². The number of hydrogen-bond donors (Lipinski definition) is 0. The van der Waals surface area contributed by atoms with Gasteiger partial charge in [-0.15, -0.1) is 0 Å². The van der Waals surface area contributed by atoms with Crippen LogP contribution in [0.15, 0.2) is 24.4 Å². The lowest BCUT2D eigenvalue weighted by Gasteiger charge is -2.08. The summed E-state index contributed by atoms with van der Waals surface area (Å²) in [5, 5.41) is 1.03. The van der Waals surface area contributed by atoms with E-state index in [4.69, 9.17) is 9.47 Å². The molecule has 0 saturated heterocycles. The highest BCUT2D eigenvalue weighted by atomic mass is 16.5. The zero-order valence-electron chi connectivity index (χ0n) is 14.6. The molecule has 0 atom stereocenters. The van der Waals surface area contributed by atoms with Gasteiger partial charge in [-0.3, -0.25) is 4.57 Å². The molecule has 1 aromatic carbocycles. The average molecular weight is 318 g/mol. The molecule has 1 heterocycles. The first kappa shape index (κ1) is 17.3. The van der Waals surface area contributed by atoms with Crippen molar-refractivity contribution in [3.05, 3.63) is 30.0 Å². The fourth-order valence-electron chi connectivity index (χ4n) is 2.41. The quantitative estimate of drug-likeness (QED) is 0.819. The highest BCUT2D eigenvalue weighted by molar-refractivity contribution is 5.92. The second kappa shape index (κ2) is 7.51. The summed E-state index contributed by atoms with van der Waals surface area (Å²) in [5.74, 6) is 1.10. The second-order valence-electron chi connectivity index (χ2n) is 6.43. The monoisotopic (exact) mass is 318 g/mol. The molecule has 0 amide bonds. The van der Waals surface area contributed by atoms with Crippen LogP contribution < -0.4 is 4.74 Å². The van der Waals surface area contributed by atoms with Gasteiger partial charge in [-0.05, 0) is 50.2 Å². The Kier molecular flexibility index (Phi) is 5.66. The Labute approximate surface area is 137 Å².